The van der Waals surface area contributed by atoms with Crippen molar-refractivity contribution < 1.29 is 18.4 Å². The molecule has 0 saturated carbocycles. The lowest BCUT2D eigenvalue weighted by Gasteiger charge is -2.32. The zero-order chi connectivity index (χ0) is 24.5. The van der Waals surface area contributed by atoms with Gasteiger partial charge >= 0.3 is 0 Å². The van der Waals surface area contributed by atoms with Gasteiger partial charge in [0.05, 0.1) is 6.42 Å². The van der Waals surface area contributed by atoms with Crippen LogP contribution < -0.4 is 5.32 Å². The predicted molar refractivity (Wildman–Crippen MR) is 129 cm³/mol. The average molecular weight is 465 g/mol. The number of amides is 2. The van der Waals surface area contributed by atoms with Gasteiger partial charge in [-0.05, 0) is 40.8 Å². The number of carbonyl (C=O) groups is 2. The SMILES string of the molecule is CC(C)CNC(=O)[C@@H](Cc1ccccc1)N(Cc1ccc(F)cc1)C(=O)Cc1ccccc1F. The van der Waals surface area contributed by atoms with Crippen LogP contribution >= 0.6 is 0 Å². The highest BCUT2D eigenvalue weighted by Gasteiger charge is 2.30. The summed E-state index contributed by atoms with van der Waals surface area (Å²) in [6.45, 7) is 4.55. The molecule has 0 radical (unpaired) electrons. The van der Waals surface area contributed by atoms with Crippen LogP contribution in [-0.2, 0) is 29.0 Å². The Morgan fingerprint density at radius 2 is 1.50 bits per heavy atom. The van der Waals surface area contributed by atoms with Gasteiger partial charge < -0.3 is 10.2 Å². The van der Waals surface area contributed by atoms with Crippen molar-refractivity contribution in [1.82, 2.24) is 10.2 Å². The van der Waals surface area contributed by atoms with Crippen LogP contribution in [0.2, 0.25) is 0 Å². The number of halogens is 2. The monoisotopic (exact) mass is 464 g/mol. The first-order chi connectivity index (χ1) is 16.3. The smallest absolute Gasteiger partial charge is 0.243 e. The first-order valence-electron chi connectivity index (χ1n) is 11.4. The molecule has 6 heteroatoms. The molecular formula is C28H30F2N2O2. The molecule has 3 aromatic carbocycles. The van der Waals surface area contributed by atoms with E-state index in [-0.39, 0.29) is 42.1 Å². The molecule has 1 atom stereocenters. The van der Waals surface area contributed by atoms with Crippen molar-refractivity contribution in [1.29, 1.82) is 0 Å². The molecule has 0 bridgehead atoms. The second-order valence-corrected chi connectivity index (χ2v) is 8.76. The third-order valence-electron chi connectivity index (χ3n) is 5.52. The van der Waals surface area contributed by atoms with Crippen LogP contribution in [0.3, 0.4) is 0 Å². The third-order valence-corrected chi connectivity index (χ3v) is 5.52. The molecule has 178 valence electrons. The van der Waals surface area contributed by atoms with E-state index < -0.39 is 11.9 Å². The number of hydrogen-bond acceptors (Lipinski definition) is 2. The lowest BCUT2D eigenvalue weighted by atomic mass is 10.0. The Morgan fingerprint density at radius 3 is 2.15 bits per heavy atom. The Kier molecular flexibility index (Phi) is 8.91. The van der Waals surface area contributed by atoms with E-state index in [9.17, 15) is 18.4 Å². The van der Waals surface area contributed by atoms with Crippen molar-refractivity contribution in [2.75, 3.05) is 6.54 Å². The predicted octanol–water partition coefficient (Wildman–Crippen LogP) is 4.92. The molecule has 0 saturated heterocycles. The molecule has 3 aromatic rings. The van der Waals surface area contributed by atoms with E-state index in [2.05, 4.69) is 5.32 Å². The normalized spacial score (nSPS) is 11.8. The van der Waals surface area contributed by atoms with E-state index in [1.54, 1.807) is 30.3 Å². The van der Waals surface area contributed by atoms with Crippen LogP contribution in [0.4, 0.5) is 8.78 Å². The van der Waals surface area contributed by atoms with Gasteiger partial charge in [-0.1, -0.05) is 74.5 Å². The maximum absolute atomic E-state index is 14.3. The minimum atomic E-state index is -0.814. The number of benzene rings is 3. The summed E-state index contributed by atoms with van der Waals surface area (Å²) in [7, 11) is 0. The van der Waals surface area contributed by atoms with Crippen LogP contribution in [0.15, 0.2) is 78.9 Å². The Labute approximate surface area is 199 Å². The van der Waals surface area contributed by atoms with Gasteiger partial charge in [0.1, 0.15) is 17.7 Å². The quantitative estimate of drug-likeness (QED) is 0.463. The Balaban J connectivity index is 1.96. The largest absolute Gasteiger partial charge is 0.354 e. The fourth-order valence-corrected chi connectivity index (χ4v) is 3.67. The van der Waals surface area contributed by atoms with Gasteiger partial charge in [-0.25, -0.2) is 8.78 Å². The van der Waals surface area contributed by atoms with Crippen LogP contribution in [-0.4, -0.2) is 29.3 Å². The van der Waals surface area contributed by atoms with E-state index in [4.69, 9.17) is 0 Å². The summed E-state index contributed by atoms with van der Waals surface area (Å²) in [4.78, 5) is 28.3. The molecule has 0 aliphatic carbocycles. The van der Waals surface area contributed by atoms with Crippen molar-refractivity contribution in [3.63, 3.8) is 0 Å². The summed E-state index contributed by atoms with van der Waals surface area (Å²) in [5.41, 5.74) is 1.84. The Morgan fingerprint density at radius 1 is 0.853 bits per heavy atom. The topological polar surface area (TPSA) is 49.4 Å². The van der Waals surface area contributed by atoms with Crippen molar-refractivity contribution in [3.05, 3.63) is 107 Å². The van der Waals surface area contributed by atoms with Gasteiger partial charge in [0.25, 0.3) is 0 Å². The standard InChI is InChI=1S/C28H30F2N2O2/c1-20(2)18-31-28(34)26(16-21-8-4-3-5-9-21)32(19-22-12-14-24(29)15-13-22)27(33)17-23-10-6-7-11-25(23)30/h3-15,20,26H,16-19H2,1-2H3,(H,31,34)/t26-/m1/s1. The lowest BCUT2D eigenvalue weighted by molar-refractivity contribution is -0.140. The van der Waals surface area contributed by atoms with Crippen LogP contribution in [0.25, 0.3) is 0 Å². The highest BCUT2D eigenvalue weighted by molar-refractivity contribution is 5.88. The summed E-state index contributed by atoms with van der Waals surface area (Å²) < 4.78 is 27.8. The maximum atomic E-state index is 14.3. The van der Waals surface area contributed by atoms with Crippen LogP contribution in [0, 0.1) is 17.6 Å². The molecule has 1 N–H and O–H groups in total. The second kappa shape index (κ2) is 12.1. The van der Waals surface area contributed by atoms with Gasteiger partial charge in [-0.2, -0.15) is 0 Å². The molecule has 0 heterocycles. The van der Waals surface area contributed by atoms with Gasteiger partial charge in [-0.15, -0.1) is 0 Å². The molecule has 0 aliphatic rings. The fraction of sp³-hybridized carbons (Fsp3) is 0.286. The van der Waals surface area contributed by atoms with Gasteiger partial charge in [0, 0.05) is 19.5 Å². The van der Waals surface area contributed by atoms with Gasteiger partial charge in [0.2, 0.25) is 11.8 Å². The van der Waals surface area contributed by atoms with E-state index in [1.165, 1.54) is 23.1 Å². The first kappa shape index (κ1) is 25.1. The van der Waals surface area contributed by atoms with Crippen molar-refractivity contribution in [3.8, 4) is 0 Å². The molecule has 4 nitrogen and oxygen atoms in total. The average Bonchev–Trinajstić information content (AvgIpc) is 2.83. The number of nitrogens with one attached hydrogen (secondary N) is 1. The number of carbonyl (C=O) groups excluding carboxylic acids is 2. The molecule has 0 unspecified atom stereocenters. The van der Waals surface area contributed by atoms with Crippen LogP contribution in [0.5, 0.6) is 0 Å². The van der Waals surface area contributed by atoms with Crippen LogP contribution in [0.1, 0.15) is 30.5 Å². The summed E-state index contributed by atoms with van der Waals surface area (Å²) in [6.07, 6.45) is 0.117. The first-order valence-corrected chi connectivity index (χ1v) is 11.4. The number of rotatable bonds is 10. The second-order valence-electron chi connectivity index (χ2n) is 8.76. The molecule has 3 rings (SSSR count). The minimum Gasteiger partial charge on any atom is -0.354 e. The van der Waals surface area contributed by atoms with Gasteiger partial charge in [0.15, 0.2) is 0 Å². The highest BCUT2D eigenvalue weighted by atomic mass is 19.1. The molecule has 0 aliphatic heterocycles. The molecule has 34 heavy (non-hydrogen) atoms. The molecule has 0 aromatic heterocycles. The third kappa shape index (κ3) is 7.24. The fourth-order valence-electron chi connectivity index (χ4n) is 3.67. The maximum Gasteiger partial charge on any atom is 0.243 e. The van der Waals surface area contributed by atoms with Crippen molar-refractivity contribution in [2.24, 2.45) is 5.92 Å². The van der Waals surface area contributed by atoms with E-state index >= 15 is 0 Å². The summed E-state index contributed by atoms with van der Waals surface area (Å²) in [6, 6.07) is 20.6. The summed E-state index contributed by atoms with van der Waals surface area (Å²) in [5, 5.41) is 2.94. The number of hydrogen-bond donors (Lipinski definition) is 1. The van der Waals surface area contributed by atoms with Gasteiger partial charge in [-0.3, -0.25) is 9.59 Å². The zero-order valence-corrected chi connectivity index (χ0v) is 19.5. The number of nitrogens with zero attached hydrogens (tertiary/aromatic N) is 1. The molecule has 2 amide bonds. The lowest BCUT2D eigenvalue weighted by Crippen LogP contribution is -2.51. The summed E-state index contributed by atoms with van der Waals surface area (Å²) in [5.74, 6) is -1.28. The zero-order valence-electron chi connectivity index (χ0n) is 19.5. The molecule has 0 spiro atoms. The highest BCUT2D eigenvalue weighted by Crippen LogP contribution is 2.18. The Hall–Kier alpha value is -3.54. The summed E-state index contributed by atoms with van der Waals surface area (Å²) >= 11 is 0. The van der Waals surface area contributed by atoms with Crippen molar-refractivity contribution in [2.45, 2.75) is 39.3 Å². The van der Waals surface area contributed by atoms with E-state index in [0.717, 1.165) is 5.56 Å². The molecule has 0 fully saturated rings. The van der Waals surface area contributed by atoms with E-state index in [1.807, 2.05) is 44.2 Å². The minimum absolute atomic E-state index is 0.0974. The van der Waals surface area contributed by atoms with E-state index in [0.29, 0.717) is 18.5 Å². The van der Waals surface area contributed by atoms with Crippen molar-refractivity contribution >= 4 is 11.8 Å². The molecular weight excluding hydrogens is 434 g/mol. The Bertz CT molecular complexity index is 1090.